The van der Waals surface area contributed by atoms with Crippen LogP contribution in [0.3, 0.4) is 0 Å². The number of rotatable bonds is 5. The van der Waals surface area contributed by atoms with Gasteiger partial charge in [0, 0.05) is 17.2 Å². The summed E-state index contributed by atoms with van der Waals surface area (Å²) in [5.41, 5.74) is 4.34. The summed E-state index contributed by atoms with van der Waals surface area (Å²) in [5, 5.41) is 3.59. The molecule has 2 aromatic carbocycles. The van der Waals surface area contributed by atoms with Crippen molar-refractivity contribution < 1.29 is 4.74 Å². The van der Waals surface area contributed by atoms with Gasteiger partial charge in [-0.25, -0.2) is 0 Å². The van der Waals surface area contributed by atoms with Crippen LogP contribution in [0.4, 0.5) is 0 Å². The molecule has 0 spiro atoms. The fourth-order valence-corrected chi connectivity index (χ4v) is 3.79. The second-order valence-electron chi connectivity index (χ2n) is 6.49. The van der Waals surface area contributed by atoms with Crippen molar-refractivity contribution in [3.63, 3.8) is 0 Å². The number of hydrogen-bond donors (Lipinski definition) is 1. The Morgan fingerprint density at radius 1 is 0.960 bits per heavy atom. The molecular formula is C22H25NOS. The highest BCUT2D eigenvalue weighted by molar-refractivity contribution is 7.80. The molecule has 1 aliphatic carbocycles. The van der Waals surface area contributed by atoms with Crippen LogP contribution < -0.4 is 5.32 Å². The van der Waals surface area contributed by atoms with E-state index in [1.807, 2.05) is 24.3 Å². The molecule has 0 atom stereocenters. The Kier molecular flexibility index (Phi) is 6.24. The lowest BCUT2D eigenvalue weighted by Gasteiger charge is -2.25. The lowest BCUT2D eigenvalue weighted by atomic mass is 9.93. The monoisotopic (exact) mass is 351 g/mol. The normalized spacial score (nSPS) is 15.6. The van der Waals surface area contributed by atoms with Crippen molar-refractivity contribution in [2.45, 2.75) is 38.1 Å². The van der Waals surface area contributed by atoms with Crippen LogP contribution >= 0.6 is 12.2 Å². The van der Waals surface area contributed by atoms with Gasteiger partial charge in [-0.3, -0.25) is 0 Å². The summed E-state index contributed by atoms with van der Waals surface area (Å²) in [6.45, 7) is 0. The van der Waals surface area contributed by atoms with E-state index in [0.29, 0.717) is 6.04 Å². The molecule has 0 aliphatic heterocycles. The molecule has 1 fully saturated rings. The SMILES string of the molecule is CO/C=C(\c1ccccc1)c1ccccc1C(=S)NC1CCCCC1. The van der Waals surface area contributed by atoms with Crippen LogP contribution in [-0.2, 0) is 4.74 Å². The first-order valence-electron chi connectivity index (χ1n) is 8.98. The molecule has 1 N–H and O–H groups in total. The first kappa shape index (κ1) is 17.7. The first-order chi connectivity index (χ1) is 12.3. The lowest BCUT2D eigenvalue weighted by Crippen LogP contribution is -2.36. The van der Waals surface area contributed by atoms with Gasteiger partial charge >= 0.3 is 0 Å². The quantitative estimate of drug-likeness (QED) is 0.582. The molecule has 0 amide bonds. The molecule has 0 saturated heterocycles. The fourth-order valence-electron chi connectivity index (χ4n) is 3.45. The van der Waals surface area contributed by atoms with E-state index in [-0.39, 0.29) is 0 Å². The summed E-state index contributed by atoms with van der Waals surface area (Å²) in [4.78, 5) is 0.834. The summed E-state index contributed by atoms with van der Waals surface area (Å²) in [5.74, 6) is 0. The largest absolute Gasteiger partial charge is 0.504 e. The number of thiocarbonyl (C=S) groups is 1. The predicted octanol–water partition coefficient (Wildman–Crippen LogP) is 5.32. The minimum absolute atomic E-state index is 0.501. The van der Waals surface area contributed by atoms with Crippen molar-refractivity contribution in [3.8, 4) is 0 Å². The molecule has 2 aromatic rings. The smallest absolute Gasteiger partial charge is 0.107 e. The van der Waals surface area contributed by atoms with Crippen molar-refractivity contribution in [3.05, 3.63) is 77.5 Å². The average molecular weight is 352 g/mol. The van der Waals surface area contributed by atoms with Gasteiger partial charge in [0.05, 0.1) is 13.4 Å². The third-order valence-electron chi connectivity index (χ3n) is 4.72. The topological polar surface area (TPSA) is 21.3 Å². The van der Waals surface area contributed by atoms with Crippen LogP contribution in [0, 0.1) is 0 Å². The van der Waals surface area contributed by atoms with Crippen LogP contribution in [-0.4, -0.2) is 18.1 Å². The maximum absolute atomic E-state index is 5.76. The minimum Gasteiger partial charge on any atom is -0.504 e. The summed E-state index contributed by atoms with van der Waals surface area (Å²) in [6.07, 6.45) is 8.15. The summed E-state index contributed by atoms with van der Waals surface area (Å²) in [7, 11) is 1.68. The molecule has 0 aromatic heterocycles. The van der Waals surface area contributed by atoms with Gasteiger partial charge in [0.2, 0.25) is 0 Å². The van der Waals surface area contributed by atoms with Gasteiger partial charge in [-0.2, -0.15) is 0 Å². The lowest BCUT2D eigenvalue weighted by molar-refractivity contribution is 0.340. The Morgan fingerprint density at radius 3 is 2.28 bits per heavy atom. The van der Waals surface area contributed by atoms with Crippen molar-refractivity contribution in [2.24, 2.45) is 0 Å². The van der Waals surface area contributed by atoms with Crippen molar-refractivity contribution in [1.29, 1.82) is 0 Å². The average Bonchev–Trinajstić information content (AvgIpc) is 2.67. The van der Waals surface area contributed by atoms with Gasteiger partial charge in [-0.15, -0.1) is 0 Å². The van der Waals surface area contributed by atoms with Gasteiger partial charge < -0.3 is 10.1 Å². The molecule has 1 saturated carbocycles. The molecule has 25 heavy (non-hydrogen) atoms. The number of ether oxygens (including phenoxy) is 1. The van der Waals surface area contributed by atoms with E-state index in [4.69, 9.17) is 17.0 Å². The highest BCUT2D eigenvalue weighted by Crippen LogP contribution is 2.27. The molecule has 3 heteroatoms. The maximum Gasteiger partial charge on any atom is 0.107 e. The van der Waals surface area contributed by atoms with Gasteiger partial charge in [0.15, 0.2) is 0 Å². The molecule has 130 valence electrons. The van der Waals surface area contributed by atoms with Crippen LogP contribution in [0.2, 0.25) is 0 Å². The summed E-state index contributed by atoms with van der Waals surface area (Å²) >= 11 is 5.76. The fraction of sp³-hybridized carbons (Fsp3) is 0.318. The second kappa shape index (κ2) is 8.82. The Hall–Kier alpha value is -2.13. The van der Waals surface area contributed by atoms with E-state index < -0.39 is 0 Å². The van der Waals surface area contributed by atoms with Crippen LogP contribution in [0.1, 0.15) is 48.8 Å². The van der Waals surface area contributed by atoms with E-state index in [1.54, 1.807) is 13.4 Å². The summed E-state index contributed by atoms with van der Waals surface area (Å²) < 4.78 is 5.37. The second-order valence-corrected chi connectivity index (χ2v) is 6.90. The minimum atomic E-state index is 0.501. The Bertz CT molecular complexity index is 733. The molecular weight excluding hydrogens is 326 g/mol. The van der Waals surface area contributed by atoms with Crippen LogP contribution in [0.25, 0.3) is 5.57 Å². The van der Waals surface area contributed by atoms with Crippen molar-refractivity contribution in [1.82, 2.24) is 5.32 Å². The molecule has 2 nitrogen and oxygen atoms in total. The Labute approximate surface area is 155 Å². The molecule has 0 bridgehead atoms. The zero-order valence-electron chi connectivity index (χ0n) is 14.7. The number of nitrogens with one attached hydrogen (secondary N) is 1. The Morgan fingerprint density at radius 2 is 1.60 bits per heavy atom. The maximum atomic E-state index is 5.76. The number of hydrogen-bond acceptors (Lipinski definition) is 2. The molecule has 3 rings (SSSR count). The van der Waals surface area contributed by atoms with E-state index in [9.17, 15) is 0 Å². The van der Waals surface area contributed by atoms with E-state index >= 15 is 0 Å². The van der Waals surface area contributed by atoms with E-state index in [2.05, 4.69) is 35.6 Å². The molecule has 0 radical (unpaired) electrons. The standard InChI is InChI=1S/C22H25NOS/c1-24-16-21(17-10-4-2-5-11-17)19-14-8-9-15-20(19)22(25)23-18-12-6-3-7-13-18/h2,4-5,8-11,14-16,18H,3,6-7,12-13H2,1H3,(H,23,25)/b21-16+. The van der Waals surface area contributed by atoms with Gasteiger partial charge in [0.25, 0.3) is 0 Å². The van der Waals surface area contributed by atoms with Gasteiger partial charge in [-0.05, 0) is 24.0 Å². The zero-order valence-corrected chi connectivity index (χ0v) is 15.5. The van der Waals surface area contributed by atoms with Gasteiger partial charge in [0.1, 0.15) is 4.99 Å². The first-order valence-corrected chi connectivity index (χ1v) is 9.39. The highest BCUT2D eigenvalue weighted by Gasteiger charge is 2.18. The van der Waals surface area contributed by atoms with Crippen molar-refractivity contribution in [2.75, 3.05) is 7.11 Å². The third-order valence-corrected chi connectivity index (χ3v) is 5.06. The molecule has 1 aliphatic rings. The van der Waals surface area contributed by atoms with Crippen LogP contribution in [0.5, 0.6) is 0 Å². The predicted molar refractivity (Wildman–Crippen MR) is 109 cm³/mol. The van der Waals surface area contributed by atoms with E-state index in [1.165, 1.54) is 32.1 Å². The molecule has 0 heterocycles. The van der Waals surface area contributed by atoms with Crippen LogP contribution in [0.15, 0.2) is 60.9 Å². The van der Waals surface area contributed by atoms with Crippen molar-refractivity contribution >= 4 is 22.8 Å². The number of benzene rings is 2. The zero-order chi connectivity index (χ0) is 17.5. The van der Waals surface area contributed by atoms with E-state index in [0.717, 1.165) is 27.3 Å². The Balaban J connectivity index is 1.91. The third kappa shape index (κ3) is 4.49. The van der Waals surface area contributed by atoms with Gasteiger partial charge in [-0.1, -0.05) is 86.1 Å². The highest BCUT2D eigenvalue weighted by atomic mass is 32.1. The summed E-state index contributed by atoms with van der Waals surface area (Å²) in [6, 6.07) is 19.1. The number of methoxy groups -OCH3 is 1. The molecule has 0 unspecified atom stereocenters.